The van der Waals surface area contributed by atoms with Crippen LogP contribution in [-0.2, 0) is 20.9 Å². The van der Waals surface area contributed by atoms with Crippen LogP contribution in [0.1, 0.15) is 24.3 Å². The first kappa shape index (κ1) is 22.3. The van der Waals surface area contributed by atoms with Gasteiger partial charge in [0, 0.05) is 38.0 Å². The molecule has 0 saturated heterocycles. The normalized spacial score (nSPS) is 17.5. The third-order valence-electron chi connectivity index (χ3n) is 5.45. The van der Waals surface area contributed by atoms with Crippen LogP contribution in [-0.4, -0.2) is 53.3 Å². The lowest BCUT2D eigenvalue weighted by molar-refractivity contribution is -0.126. The zero-order chi connectivity index (χ0) is 23.6. The first-order valence-electron chi connectivity index (χ1n) is 10.4. The summed E-state index contributed by atoms with van der Waals surface area (Å²) in [6.07, 6.45) is 1.53. The molecule has 0 aliphatic carbocycles. The quantitative estimate of drug-likeness (QED) is 0.532. The van der Waals surface area contributed by atoms with E-state index in [1.54, 1.807) is 56.5 Å². The fourth-order valence-electron chi connectivity index (χ4n) is 3.88. The van der Waals surface area contributed by atoms with Crippen molar-refractivity contribution in [2.24, 2.45) is 0 Å². The number of carbonyl (C=O) groups is 3. The number of rotatable bonds is 7. The molecule has 10 heteroatoms. The van der Waals surface area contributed by atoms with E-state index in [1.165, 1.54) is 22.8 Å². The van der Waals surface area contributed by atoms with Crippen LogP contribution < -0.4 is 15.5 Å². The van der Waals surface area contributed by atoms with Crippen molar-refractivity contribution in [1.29, 1.82) is 0 Å². The summed E-state index contributed by atoms with van der Waals surface area (Å²) in [7, 11) is 1.55. The van der Waals surface area contributed by atoms with Crippen LogP contribution in [0.5, 0.6) is 0 Å². The summed E-state index contributed by atoms with van der Waals surface area (Å²) in [5.74, 6) is -0.376. The molecule has 10 nitrogen and oxygen atoms in total. The van der Waals surface area contributed by atoms with Gasteiger partial charge in [-0.2, -0.15) is 5.10 Å². The molecule has 4 rings (SSSR count). The number of nitrogens with zero attached hydrogens (tertiary/aromatic N) is 3. The highest BCUT2D eigenvalue weighted by atomic mass is 16.5. The van der Waals surface area contributed by atoms with E-state index in [2.05, 4.69) is 15.7 Å². The maximum absolute atomic E-state index is 13.7. The predicted molar refractivity (Wildman–Crippen MR) is 121 cm³/mol. The molecular formula is C23H25N5O5. The van der Waals surface area contributed by atoms with Crippen LogP contribution in [0.4, 0.5) is 11.4 Å². The molecule has 1 aliphatic heterocycles. The number of aromatic nitrogens is 2. The van der Waals surface area contributed by atoms with E-state index in [0.29, 0.717) is 41.7 Å². The molecule has 33 heavy (non-hydrogen) atoms. The Bertz CT molecular complexity index is 1170. The predicted octanol–water partition coefficient (Wildman–Crippen LogP) is 2.28. The van der Waals surface area contributed by atoms with Gasteiger partial charge in [0.2, 0.25) is 11.8 Å². The van der Waals surface area contributed by atoms with E-state index < -0.39 is 5.54 Å². The molecule has 2 aromatic heterocycles. The Hall–Kier alpha value is -3.92. The molecule has 3 heterocycles. The molecule has 1 atom stereocenters. The molecule has 0 radical (unpaired) electrons. The monoisotopic (exact) mass is 451 g/mol. The highest BCUT2D eigenvalue weighted by Gasteiger charge is 2.48. The second kappa shape index (κ2) is 8.91. The molecule has 0 saturated carbocycles. The maximum atomic E-state index is 13.7. The highest BCUT2D eigenvalue weighted by Crippen LogP contribution is 2.34. The van der Waals surface area contributed by atoms with E-state index in [0.717, 1.165) is 0 Å². The molecule has 1 aliphatic rings. The zero-order valence-corrected chi connectivity index (χ0v) is 18.6. The lowest BCUT2D eigenvalue weighted by Gasteiger charge is -2.43. The Morgan fingerprint density at radius 2 is 2.00 bits per heavy atom. The molecule has 3 amide bonds. The van der Waals surface area contributed by atoms with E-state index in [-0.39, 0.29) is 24.3 Å². The van der Waals surface area contributed by atoms with Crippen molar-refractivity contribution < 1.29 is 23.5 Å². The minimum Gasteiger partial charge on any atom is -0.463 e. The fourth-order valence-corrected chi connectivity index (χ4v) is 3.88. The molecule has 0 bridgehead atoms. The van der Waals surface area contributed by atoms with Crippen molar-refractivity contribution in [2.45, 2.75) is 25.9 Å². The van der Waals surface area contributed by atoms with Crippen molar-refractivity contribution >= 4 is 29.1 Å². The summed E-state index contributed by atoms with van der Waals surface area (Å²) < 4.78 is 12.0. The number of amides is 3. The average Bonchev–Trinajstić information content (AvgIpc) is 3.44. The van der Waals surface area contributed by atoms with Gasteiger partial charge in [-0.25, -0.2) is 0 Å². The number of hydrogen-bond donors (Lipinski definition) is 2. The first-order valence-corrected chi connectivity index (χ1v) is 10.4. The summed E-state index contributed by atoms with van der Waals surface area (Å²) in [6.45, 7) is 3.91. The molecule has 2 N–H and O–H groups in total. The van der Waals surface area contributed by atoms with Gasteiger partial charge < -0.3 is 19.8 Å². The first-order chi connectivity index (χ1) is 15.8. The number of methoxy groups -OCH3 is 1. The summed E-state index contributed by atoms with van der Waals surface area (Å²) >= 11 is 0. The molecule has 0 spiro atoms. The van der Waals surface area contributed by atoms with Gasteiger partial charge in [0.15, 0.2) is 5.76 Å². The molecule has 172 valence electrons. The van der Waals surface area contributed by atoms with E-state index in [1.807, 2.05) is 0 Å². The van der Waals surface area contributed by atoms with Gasteiger partial charge in [0.05, 0.1) is 19.4 Å². The minimum absolute atomic E-state index is 0.140. The van der Waals surface area contributed by atoms with Gasteiger partial charge in [-0.15, -0.1) is 0 Å². The summed E-state index contributed by atoms with van der Waals surface area (Å²) in [5.41, 5.74) is 0.695. The van der Waals surface area contributed by atoms with Crippen molar-refractivity contribution in [3.8, 4) is 11.5 Å². The number of furan rings is 1. The number of anilines is 2. The third kappa shape index (κ3) is 4.24. The number of hydrogen-bond acceptors (Lipinski definition) is 6. The van der Waals surface area contributed by atoms with Crippen LogP contribution in [0.15, 0.2) is 53.1 Å². The Labute approximate surface area is 190 Å². The van der Waals surface area contributed by atoms with Crippen LogP contribution in [0.3, 0.4) is 0 Å². The van der Waals surface area contributed by atoms with Crippen molar-refractivity contribution in [2.75, 3.05) is 30.5 Å². The maximum Gasteiger partial charge on any atom is 0.277 e. The zero-order valence-electron chi connectivity index (χ0n) is 18.6. The molecule has 3 aromatic rings. The third-order valence-corrected chi connectivity index (χ3v) is 5.45. The van der Waals surface area contributed by atoms with Gasteiger partial charge in [0.1, 0.15) is 16.9 Å². The van der Waals surface area contributed by atoms with Gasteiger partial charge in [-0.1, -0.05) is 0 Å². The number of ether oxygens (including phenoxy) is 1. The fraction of sp³-hybridized carbons (Fsp3) is 0.304. The Morgan fingerprint density at radius 1 is 1.24 bits per heavy atom. The van der Waals surface area contributed by atoms with Gasteiger partial charge in [-0.05, 0) is 43.3 Å². The summed E-state index contributed by atoms with van der Waals surface area (Å²) in [6, 6.07) is 11.9. The standard InChI is InChI=1S/C23H25N5O5/c1-15(29)25-16-6-8-17(9-7-16)28-21(30)19-13-18(20-5-4-11-33-20)26-27(19)14-23(28,2)22(31)24-10-12-32-3/h4-9,11,13H,10,12,14H2,1-3H3,(H,24,31)(H,25,29). The lowest BCUT2D eigenvalue weighted by Crippen LogP contribution is -2.64. The van der Waals surface area contributed by atoms with Crippen molar-refractivity contribution in [3.05, 3.63) is 54.4 Å². The largest absolute Gasteiger partial charge is 0.463 e. The Kier molecular flexibility index (Phi) is 6.01. The number of benzene rings is 1. The number of carbonyl (C=O) groups excluding carboxylic acids is 3. The van der Waals surface area contributed by atoms with E-state index in [4.69, 9.17) is 9.15 Å². The summed E-state index contributed by atoms with van der Waals surface area (Å²) in [4.78, 5) is 39.8. The molecule has 1 aromatic carbocycles. The van der Waals surface area contributed by atoms with Crippen LogP contribution in [0.25, 0.3) is 11.5 Å². The van der Waals surface area contributed by atoms with Crippen molar-refractivity contribution in [3.63, 3.8) is 0 Å². The minimum atomic E-state index is -1.26. The number of nitrogens with one attached hydrogen (secondary N) is 2. The van der Waals surface area contributed by atoms with Gasteiger partial charge in [-0.3, -0.25) is 24.0 Å². The topological polar surface area (TPSA) is 119 Å². The summed E-state index contributed by atoms with van der Waals surface area (Å²) in [5, 5.41) is 10.1. The van der Waals surface area contributed by atoms with Crippen LogP contribution in [0.2, 0.25) is 0 Å². The average molecular weight is 451 g/mol. The van der Waals surface area contributed by atoms with Gasteiger partial charge >= 0.3 is 0 Å². The van der Waals surface area contributed by atoms with Crippen molar-refractivity contribution in [1.82, 2.24) is 15.1 Å². The van der Waals surface area contributed by atoms with Crippen LogP contribution >= 0.6 is 0 Å². The molecular weight excluding hydrogens is 426 g/mol. The molecule has 0 fully saturated rings. The second-order valence-electron chi connectivity index (χ2n) is 7.94. The Balaban J connectivity index is 1.74. The lowest BCUT2D eigenvalue weighted by atomic mass is 9.94. The van der Waals surface area contributed by atoms with Gasteiger partial charge in [0.25, 0.3) is 5.91 Å². The Morgan fingerprint density at radius 3 is 2.64 bits per heavy atom. The second-order valence-corrected chi connectivity index (χ2v) is 7.94. The number of fused-ring (bicyclic) bond motifs is 1. The van der Waals surface area contributed by atoms with E-state index in [9.17, 15) is 14.4 Å². The smallest absolute Gasteiger partial charge is 0.277 e. The SMILES string of the molecule is COCCNC(=O)C1(C)Cn2nc(-c3ccco3)cc2C(=O)N1c1ccc(NC(C)=O)cc1. The van der Waals surface area contributed by atoms with E-state index >= 15 is 0 Å². The van der Waals surface area contributed by atoms with Crippen LogP contribution in [0, 0.1) is 0 Å². The molecule has 1 unspecified atom stereocenters. The highest BCUT2D eigenvalue weighted by molar-refractivity contribution is 6.12.